The van der Waals surface area contributed by atoms with E-state index in [1.807, 2.05) is 48.5 Å². The van der Waals surface area contributed by atoms with Crippen LogP contribution in [0.4, 0.5) is 0 Å². The lowest BCUT2D eigenvalue weighted by Gasteiger charge is -2.22. The van der Waals surface area contributed by atoms with Crippen molar-refractivity contribution < 1.29 is 9.53 Å². The molecule has 0 saturated heterocycles. The molecule has 3 aromatic carbocycles. The minimum atomic E-state index is -0.0365. The summed E-state index contributed by atoms with van der Waals surface area (Å²) in [6.07, 6.45) is 2.63. The zero-order chi connectivity index (χ0) is 21.3. The van der Waals surface area contributed by atoms with Crippen LogP contribution < -0.4 is 10.1 Å². The Bertz CT molecular complexity index is 933. The molecule has 0 bridgehead atoms. The number of rotatable bonds is 9. The molecule has 0 aromatic heterocycles. The van der Waals surface area contributed by atoms with E-state index in [0.717, 1.165) is 41.7 Å². The predicted octanol–water partition coefficient (Wildman–Crippen LogP) is 6.00. The number of nitrogens with one attached hydrogen (secondary N) is 1. The van der Waals surface area contributed by atoms with Gasteiger partial charge >= 0.3 is 0 Å². The van der Waals surface area contributed by atoms with Crippen molar-refractivity contribution in [3.05, 3.63) is 101 Å². The minimum absolute atomic E-state index is 0.0138. The van der Waals surface area contributed by atoms with Gasteiger partial charge in [-0.15, -0.1) is 0 Å². The lowest BCUT2D eigenvalue weighted by atomic mass is 9.95. The summed E-state index contributed by atoms with van der Waals surface area (Å²) >= 11 is 0. The lowest BCUT2D eigenvalue weighted by Crippen LogP contribution is -2.30. The number of carbonyl (C=O) groups excluding carboxylic acids is 1. The van der Waals surface area contributed by atoms with E-state index in [-0.39, 0.29) is 11.9 Å². The van der Waals surface area contributed by atoms with Crippen molar-refractivity contribution in [3.8, 4) is 5.75 Å². The minimum Gasteiger partial charge on any atom is -0.497 e. The third-order valence-corrected chi connectivity index (χ3v) is 5.32. The molecule has 3 heteroatoms. The van der Waals surface area contributed by atoms with Gasteiger partial charge in [0, 0.05) is 5.56 Å². The summed E-state index contributed by atoms with van der Waals surface area (Å²) in [7, 11) is 1.66. The van der Waals surface area contributed by atoms with Crippen LogP contribution in [0.15, 0.2) is 78.9 Å². The largest absolute Gasteiger partial charge is 0.497 e. The Kier molecular flexibility index (Phi) is 7.67. The number of benzene rings is 3. The average Bonchev–Trinajstić information content (AvgIpc) is 2.78. The summed E-state index contributed by atoms with van der Waals surface area (Å²) < 4.78 is 5.27. The summed E-state index contributed by atoms with van der Waals surface area (Å²) in [5.74, 6) is 1.27. The number of methoxy groups -OCH3 is 1. The molecule has 0 radical (unpaired) electrons. The molecule has 0 unspecified atom stereocenters. The molecule has 3 nitrogen and oxygen atoms in total. The quantitative estimate of drug-likeness (QED) is 0.478. The molecule has 3 aromatic rings. The zero-order valence-electron chi connectivity index (χ0n) is 18.1. The van der Waals surface area contributed by atoms with Crippen LogP contribution in [0.2, 0.25) is 0 Å². The highest BCUT2D eigenvalue weighted by molar-refractivity contribution is 5.96. The van der Waals surface area contributed by atoms with Crippen molar-refractivity contribution in [2.75, 3.05) is 7.11 Å². The van der Waals surface area contributed by atoms with Crippen molar-refractivity contribution in [1.29, 1.82) is 0 Å². The van der Waals surface area contributed by atoms with Gasteiger partial charge in [-0.25, -0.2) is 0 Å². The number of hydrogen-bond acceptors (Lipinski definition) is 2. The third kappa shape index (κ3) is 5.96. The van der Waals surface area contributed by atoms with Gasteiger partial charge in [-0.2, -0.15) is 0 Å². The molecule has 0 spiro atoms. The van der Waals surface area contributed by atoms with Crippen molar-refractivity contribution in [2.45, 2.75) is 39.2 Å². The van der Waals surface area contributed by atoms with Crippen LogP contribution in [-0.4, -0.2) is 13.0 Å². The van der Waals surface area contributed by atoms with E-state index < -0.39 is 0 Å². The van der Waals surface area contributed by atoms with Gasteiger partial charge in [0.1, 0.15) is 5.75 Å². The molecular weight excluding hydrogens is 370 g/mol. The summed E-state index contributed by atoms with van der Waals surface area (Å²) in [5.41, 5.74) is 4.22. The third-order valence-electron chi connectivity index (χ3n) is 5.32. The van der Waals surface area contributed by atoms with Crippen LogP contribution in [0, 0.1) is 5.92 Å². The van der Waals surface area contributed by atoms with Gasteiger partial charge in [-0.05, 0) is 60.1 Å². The molecule has 156 valence electrons. The molecule has 0 saturated carbocycles. The highest BCUT2D eigenvalue weighted by Gasteiger charge is 2.19. The van der Waals surface area contributed by atoms with Crippen LogP contribution in [0.5, 0.6) is 5.75 Å². The number of hydrogen-bond donors (Lipinski definition) is 1. The molecule has 1 N–H and O–H groups in total. The standard InChI is InChI=1S/C27H31NO2/c1-20(2)19-26(23-15-17-24(30-3)18-16-23)28-27(29)25-12-8-7-11-22(25)14-13-21-9-5-4-6-10-21/h4-12,15-18,20,26H,13-14,19H2,1-3H3,(H,28,29)/t26-/m0/s1. The first-order valence-corrected chi connectivity index (χ1v) is 10.6. The molecule has 0 aliphatic heterocycles. The van der Waals surface area contributed by atoms with Crippen molar-refractivity contribution in [2.24, 2.45) is 5.92 Å². The van der Waals surface area contributed by atoms with Gasteiger partial charge in [0.15, 0.2) is 0 Å². The second-order valence-electron chi connectivity index (χ2n) is 8.07. The van der Waals surface area contributed by atoms with Crippen LogP contribution in [0.25, 0.3) is 0 Å². The number of aryl methyl sites for hydroxylation is 2. The van der Waals surface area contributed by atoms with Gasteiger partial charge in [-0.1, -0.05) is 74.5 Å². The van der Waals surface area contributed by atoms with E-state index in [9.17, 15) is 4.79 Å². The molecule has 0 heterocycles. The highest BCUT2D eigenvalue weighted by atomic mass is 16.5. The topological polar surface area (TPSA) is 38.3 Å². The van der Waals surface area contributed by atoms with Gasteiger partial charge in [0.05, 0.1) is 13.2 Å². The van der Waals surface area contributed by atoms with Crippen molar-refractivity contribution in [3.63, 3.8) is 0 Å². The molecule has 3 rings (SSSR count). The Morgan fingerprint density at radius 2 is 1.53 bits per heavy atom. The molecule has 0 fully saturated rings. The fourth-order valence-electron chi connectivity index (χ4n) is 3.71. The molecular formula is C27H31NO2. The van der Waals surface area contributed by atoms with Crippen molar-refractivity contribution >= 4 is 5.91 Å². The Balaban J connectivity index is 1.76. The van der Waals surface area contributed by atoms with E-state index in [1.165, 1.54) is 5.56 Å². The monoisotopic (exact) mass is 401 g/mol. The number of carbonyl (C=O) groups is 1. The van der Waals surface area contributed by atoms with E-state index in [1.54, 1.807) is 7.11 Å². The number of amides is 1. The highest BCUT2D eigenvalue weighted by Crippen LogP contribution is 2.24. The van der Waals surface area contributed by atoms with Crippen molar-refractivity contribution in [1.82, 2.24) is 5.32 Å². The number of ether oxygens (including phenoxy) is 1. The van der Waals surface area contributed by atoms with Gasteiger partial charge < -0.3 is 10.1 Å². The maximum absolute atomic E-state index is 13.2. The molecule has 1 amide bonds. The molecule has 1 atom stereocenters. The van der Waals surface area contributed by atoms with Crippen LogP contribution in [0.1, 0.15) is 53.4 Å². The second kappa shape index (κ2) is 10.6. The van der Waals surface area contributed by atoms with E-state index in [0.29, 0.717) is 5.92 Å². The summed E-state index contributed by atoms with van der Waals surface area (Å²) in [6.45, 7) is 4.35. The van der Waals surface area contributed by atoms with Crippen LogP contribution in [0.3, 0.4) is 0 Å². The van der Waals surface area contributed by atoms with Gasteiger partial charge in [0.2, 0.25) is 0 Å². The normalized spacial score (nSPS) is 11.9. The molecule has 0 aliphatic rings. The average molecular weight is 402 g/mol. The second-order valence-corrected chi connectivity index (χ2v) is 8.07. The van der Waals surface area contributed by atoms with Gasteiger partial charge in [-0.3, -0.25) is 4.79 Å². The zero-order valence-corrected chi connectivity index (χ0v) is 18.1. The van der Waals surface area contributed by atoms with Gasteiger partial charge in [0.25, 0.3) is 5.91 Å². The Morgan fingerprint density at radius 1 is 0.867 bits per heavy atom. The van der Waals surface area contributed by atoms with Crippen LogP contribution >= 0.6 is 0 Å². The summed E-state index contributed by atoms with van der Waals surface area (Å²) in [5, 5.41) is 3.28. The lowest BCUT2D eigenvalue weighted by molar-refractivity contribution is 0.0931. The first-order valence-electron chi connectivity index (χ1n) is 10.6. The predicted molar refractivity (Wildman–Crippen MR) is 123 cm³/mol. The fourth-order valence-corrected chi connectivity index (χ4v) is 3.71. The maximum atomic E-state index is 13.2. The molecule has 0 aliphatic carbocycles. The maximum Gasteiger partial charge on any atom is 0.252 e. The Hall–Kier alpha value is -3.07. The summed E-state index contributed by atoms with van der Waals surface area (Å²) in [6, 6.07) is 26.3. The smallest absolute Gasteiger partial charge is 0.252 e. The Morgan fingerprint density at radius 3 is 2.20 bits per heavy atom. The van der Waals surface area contributed by atoms with E-state index in [4.69, 9.17) is 4.74 Å². The van der Waals surface area contributed by atoms with E-state index >= 15 is 0 Å². The summed E-state index contributed by atoms with van der Waals surface area (Å²) in [4.78, 5) is 13.2. The molecule has 30 heavy (non-hydrogen) atoms. The SMILES string of the molecule is COc1ccc([C@H](CC(C)C)NC(=O)c2ccccc2CCc2ccccc2)cc1. The Labute approximate surface area is 180 Å². The first-order chi connectivity index (χ1) is 14.6. The van der Waals surface area contributed by atoms with E-state index in [2.05, 4.69) is 49.5 Å². The first kappa shape index (κ1) is 21.6. The fraction of sp³-hybridized carbons (Fsp3) is 0.296. The van der Waals surface area contributed by atoms with Crippen LogP contribution in [-0.2, 0) is 12.8 Å².